The Morgan fingerprint density at radius 3 is 2.80 bits per heavy atom. The Bertz CT molecular complexity index is 591. The van der Waals surface area contributed by atoms with E-state index in [0.717, 1.165) is 14.4 Å². The van der Waals surface area contributed by atoms with Crippen LogP contribution in [0.2, 0.25) is 0 Å². The van der Waals surface area contributed by atoms with Gasteiger partial charge in [-0.2, -0.15) is 0 Å². The second-order valence-corrected chi connectivity index (χ2v) is 7.33. The molecular weight excluding hydrogens is 317 g/mol. The number of rotatable bonds is 6. The van der Waals surface area contributed by atoms with Crippen LogP contribution in [0.25, 0.3) is 0 Å². The molecule has 1 aromatic carbocycles. The summed E-state index contributed by atoms with van der Waals surface area (Å²) in [5.74, 6) is 0.600. The van der Waals surface area contributed by atoms with E-state index in [1.165, 1.54) is 35.2 Å². The van der Waals surface area contributed by atoms with Gasteiger partial charge in [0.1, 0.15) is 5.82 Å². The minimum Gasteiger partial charge on any atom is -0.325 e. The highest BCUT2D eigenvalue weighted by Crippen LogP contribution is 2.28. The Morgan fingerprint density at radius 1 is 1.35 bits per heavy atom. The number of benzene rings is 1. The molecule has 2 aromatic rings. The Balaban J connectivity index is 1.82. The summed E-state index contributed by atoms with van der Waals surface area (Å²) < 4.78 is 14.6. The smallest absolute Gasteiger partial charge is 0.234 e. The van der Waals surface area contributed by atoms with Crippen molar-refractivity contribution in [3.8, 4) is 0 Å². The van der Waals surface area contributed by atoms with Gasteiger partial charge >= 0.3 is 0 Å². The molecular formula is C12H12FN3OS3. The molecule has 0 aliphatic carbocycles. The molecule has 8 heteroatoms. The van der Waals surface area contributed by atoms with Gasteiger partial charge in [0, 0.05) is 5.69 Å². The second-order valence-electron chi connectivity index (χ2n) is 3.61. The number of halogens is 1. The number of aromatic nitrogens is 2. The van der Waals surface area contributed by atoms with E-state index in [4.69, 9.17) is 0 Å². The fraction of sp³-hybridized carbons (Fsp3) is 0.250. The maximum Gasteiger partial charge on any atom is 0.234 e. The van der Waals surface area contributed by atoms with Crippen molar-refractivity contribution < 1.29 is 9.18 Å². The third-order valence-corrected chi connectivity index (χ3v) is 5.16. The Labute approximate surface area is 128 Å². The van der Waals surface area contributed by atoms with Crippen LogP contribution in [-0.4, -0.2) is 27.6 Å². The fourth-order valence-electron chi connectivity index (χ4n) is 1.33. The molecule has 0 unspecified atom stereocenters. The van der Waals surface area contributed by atoms with Crippen molar-refractivity contribution in [3.63, 3.8) is 0 Å². The van der Waals surface area contributed by atoms with Crippen LogP contribution >= 0.6 is 34.9 Å². The van der Waals surface area contributed by atoms with Crippen LogP contribution in [0.5, 0.6) is 0 Å². The number of hydrogen-bond donors (Lipinski definition) is 1. The Kier molecular flexibility index (Phi) is 5.81. The molecule has 1 aromatic heterocycles. The van der Waals surface area contributed by atoms with Crippen molar-refractivity contribution in [1.82, 2.24) is 10.2 Å². The molecule has 0 fully saturated rings. The molecule has 0 atom stereocenters. The number of carbonyl (C=O) groups excluding carboxylic acids is 1. The summed E-state index contributed by atoms with van der Waals surface area (Å²) in [6, 6.07) is 5.81. The summed E-state index contributed by atoms with van der Waals surface area (Å²) >= 11 is 4.42. The third-order valence-electron chi connectivity index (χ3n) is 2.09. The molecule has 0 bridgehead atoms. The molecule has 0 aliphatic rings. The first-order chi connectivity index (χ1) is 9.67. The standard InChI is InChI=1S/C12H12FN3OS3/c1-2-18-11-15-16-12(20-11)19-7-10(17)14-9-5-3-4-8(13)6-9/h3-6H,2,7H2,1H3,(H,14,17). The van der Waals surface area contributed by atoms with Crippen LogP contribution in [-0.2, 0) is 4.79 Å². The Morgan fingerprint density at radius 2 is 2.10 bits per heavy atom. The van der Waals surface area contributed by atoms with Gasteiger partial charge in [-0.3, -0.25) is 4.79 Å². The first-order valence-electron chi connectivity index (χ1n) is 5.82. The van der Waals surface area contributed by atoms with E-state index < -0.39 is 0 Å². The van der Waals surface area contributed by atoms with E-state index >= 15 is 0 Å². The van der Waals surface area contributed by atoms with Gasteiger partial charge in [-0.1, -0.05) is 47.9 Å². The number of thioether (sulfide) groups is 2. The fourth-order valence-corrected chi connectivity index (χ4v) is 4.04. The summed E-state index contributed by atoms with van der Waals surface area (Å²) in [6.07, 6.45) is 0. The summed E-state index contributed by atoms with van der Waals surface area (Å²) in [5.41, 5.74) is 0.454. The van der Waals surface area contributed by atoms with Gasteiger partial charge in [-0.05, 0) is 24.0 Å². The van der Waals surface area contributed by atoms with Gasteiger partial charge in [0.05, 0.1) is 5.75 Å². The van der Waals surface area contributed by atoms with Crippen LogP contribution in [0.4, 0.5) is 10.1 Å². The summed E-state index contributed by atoms with van der Waals surface area (Å²) in [6.45, 7) is 2.05. The van der Waals surface area contributed by atoms with Crippen LogP contribution < -0.4 is 5.32 Å². The lowest BCUT2D eigenvalue weighted by atomic mass is 10.3. The molecule has 0 aliphatic heterocycles. The summed E-state index contributed by atoms with van der Waals surface area (Å²) in [5, 5.41) is 10.6. The molecule has 1 amide bonds. The highest BCUT2D eigenvalue weighted by atomic mass is 32.2. The van der Waals surface area contributed by atoms with E-state index in [1.807, 2.05) is 6.92 Å². The molecule has 4 nitrogen and oxygen atoms in total. The van der Waals surface area contributed by atoms with Crippen LogP contribution in [0.15, 0.2) is 32.9 Å². The van der Waals surface area contributed by atoms with Gasteiger partial charge in [-0.15, -0.1) is 10.2 Å². The van der Waals surface area contributed by atoms with Gasteiger partial charge in [0.15, 0.2) is 8.68 Å². The van der Waals surface area contributed by atoms with Crippen molar-refractivity contribution in [2.75, 3.05) is 16.8 Å². The maximum absolute atomic E-state index is 13.0. The zero-order chi connectivity index (χ0) is 14.4. The Hall–Kier alpha value is -1.12. The lowest BCUT2D eigenvalue weighted by Crippen LogP contribution is -2.13. The first-order valence-corrected chi connectivity index (χ1v) is 8.60. The van der Waals surface area contributed by atoms with Gasteiger partial charge in [-0.25, -0.2) is 4.39 Å². The molecule has 1 N–H and O–H groups in total. The molecule has 0 saturated heterocycles. The minimum atomic E-state index is -0.374. The average Bonchev–Trinajstić information content (AvgIpc) is 2.85. The highest BCUT2D eigenvalue weighted by Gasteiger charge is 2.08. The highest BCUT2D eigenvalue weighted by molar-refractivity contribution is 8.03. The summed E-state index contributed by atoms with van der Waals surface area (Å²) in [7, 11) is 0. The first kappa shape index (κ1) is 15.3. The van der Waals surface area contributed by atoms with Crippen molar-refractivity contribution in [2.24, 2.45) is 0 Å². The number of amides is 1. The van der Waals surface area contributed by atoms with Gasteiger partial charge in [0.25, 0.3) is 0 Å². The van der Waals surface area contributed by atoms with Gasteiger partial charge in [0.2, 0.25) is 5.91 Å². The maximum atomic E-state index is 13.0. The molecule has 0 spiro atoms. The minimum absolute atomic E-state index is 0.194. The van der Waals surface area contributed by atoms with E-state index in [1.54, 1.807) is 23.9 Å². The van der Waals surface area contributed by atoms with Crippen molar-refractivity contribution in [2.45, 2.75) is 15.6 Å². The van der Waals surface area contributed by atoms with E-state index in [2.05, 4.69) is 15.5 Å². The lowest BCUT2D eigenvalue weighted by molar-refractivity contribution is -0.113. The molecule has 0 radical (unpaired) electrons. The predicted molar refractivity (Wildman–Crippen MR) is 82.1 cm³/mol. The van der Waals surface area contributed by atoms with Crippen molar-refractivity contribution in [3.05, 3.63) is 30.1 Å². The number of carbonyl (C=O) groups is 1. The molecule has 2 rings (SSSR count). The van der Waals surface area contributed by atoms with Crippen LogP contribution in [0.1, 0.15) is 6.92 Å². The van der Waals surface area contributed by atoms with E-state index in [9.17, 15) is 9.18 Å². The van der Waals surface area contributed by atoms with E-state index in [-0.39, 0.29) is 17.5 Å². The zero-order valence-electron chi connectivity index (χ0n) is 10.6. The number of nitrogens with zero attached hydrogens (tertiary/aromatic N) is 2. The normalized spacial score (nSPS) is 10.5. The van der Waals surface area contributed by atoms with Crippen molar-refractivity contribution in [1.29, 1.82) is 0 Å². The van der Waals surface area contributed by atoms with Crippen LogP contribution in [0.3, 0.4) is 0 Å². The average molecular weight is 329 g/mol. The predicted octanol–water partition coefficient (Wildman–Crippen LogP) is 3.52. The SMILES string of the molecule is CCSc1nnc(SCC(=O)Nc2cccc(F)c2)s1. The zero-order valence-corrected chi connectivity index (χ0v) is 13.1. The monoisotopic (exact) mass is 329 g/mol. The van der Waals surface area contributed by atoms with Gasteiger partial charge < -0.3 is 5.32 Å². The third kappa shape index (κ3) is 4.77. The molecule has 106 valence electrons. The summed E-state index contributed by atoms with van der Waals surface area (Å²) in [4.78, 5) is 11.7. The second kappa shape index (κ2) is 7.61. The quantitative estimate of drug-likeness (QED) is 0.822. The number of hydrogen-bond acceptors (Lipinski definition) is 6. The van der Waals surface area contributed by atoms with Crippen molar-refractivity contribution >= 4 is 46.5 Å². The number of anilines is 1. The van der Waals surface area contributed by atoms with Crippen LogP contribution in [0, 0.1) is 5.82 Å². The lowest BCUT2D eigenvalue weighted by Gasteiger charge is -2.03. The molecule has 0 saturated carbocycles. The molecule has 20 heavy (non-hydrogen) atoms. The topological polar surface area (TPSA) is 54.9 Å². The van der Waals surface area contributed by atoms with E-state index in [0.29, 0.717) is 5.69 Å². The number of nitrogens with one attached hydrogen (secondary N) is 1. The largest absolute Gasteiger partial charge is 0.325 e. The molecule has 1 heterocycles.